The van der Waals surface area contributed by atoms with Crippen molar-refractivity contribution < 1.29 is 4.74 Å². The number of ether oxygens (including phenoxy) is 1. The second-order valence-electron chi connectivity index (χ2n) is 4.67. The summed E-state index contributed by atoms with van der Waals surface area (Å²) < 4.78 is 5.82. The monoisotopic (exact) mass is 320 g/mol. The van der Waals surface area contributed by atoms with Crippen molar-refractivity contribution in [1.29, 1.82) is 0 Å². The summed E-state index contributed by atoms with van der Waals surface area (Å²) in [5, 5.41) is 0.739. The zero-order valence-electron chi connectivity index (χ0n) is 11.8. The van der Waals surface area contributed by atoms with Gasteiger partial charge in [0, 0.05) is 16.5 Å². The third-order valence-corrected chi connectivity index (χ3v) is 3.51. The fourth-order valence-corrected chi connectivity index (χ4v) is 2.31. The van der Waals surface area contributed by atoms with Gasteiger partial charge < -0.3 is 4.74 Å². The number of unbranched alkanes of at least 4 members (excludes halogenated alkanes) is 1. The minimum atomic E-state index is 0.680. The van der Waals surface area contributed by atoms with Gasteiger partial charge in [-0.2, -0.15) is 0 Å². The summed E-state index contributed by atoms with van der Waals surface area (Å²) in [5.74, 6) is 1.57. The fourth-order valence-electron chi connectivity index (χ4n) is 1.92. The van der Waals surface area contributed by atoms with E-state index in [1.165, 1.54) is 0 Å². The second-order valence-corrected chi connectivity index (χ2v) is 5.49. The molecule has 0 aromatic heterocycles. The number of hydrogen-bond acceptors (Lipinski definition) is 1. The van der Waals surface area contributed by atoms with Crippen LogP contribution < -0.4 is 4.74 Å². The molecule has 0 saturated carbocycles. The molecule has 0 amide bonds. The first-order valence-corrected chi connectivity index (χ1v) is 7.92. The van der Waals surface area contributed by atoms with E-state index in [1.807, 2.05) is 60.7 Å². The lowest BCUT2D eigenvalue weighted by molar-refractivity contribution is 0.309. The molecule has 2 aromatic rings. The topological polar surface area (TPSA) is 9.23 Å². The van der Waals surface area contributed by atoms with Crippen molar-refractivity contribution in [1.82, 2.24) is 0 Å². The smallest absolute Gasteiger partial charge is 0.126 e. The normalized spacial score (nSPS) is 11.0. The van der Waals surface area contributed by atoms with Gasteiger partial charge in [0.25, 0.3) is 0 Å². The summed E-state index contributed by atoms with van der Waals surface area (Å²) in [6.45, 7) is 0.689. The van der Waals surface area contributed by atoms with E-state index in [4.69, 9.17) is 27.9 Å². The van der Waals surface area contributed by atoms with E-state index >= 15 is 0 Å². The summed E-state index contributed by atoms with van der Waals surface area (Å²) >= 11 is 11.7. The van der Waals surface area contributed by atoms with Crippen molar-refractivity contribution in [2.24, 2.45) is 0 Å². The molecule has 0 aliphatic heterocycles. The fraction of sp³-hybridized carbons (Fsp3) is 0.222. The van der Waals surface area contributed by atoms with Crippen molar-refractivity contribution in [3.05, 3.63) is 64.7 Å². The number of benzene rings is 2. The molecular weight excluding hydrogens is 303 g/mol. The first-order valence-electron chi connectivity index (χ1n) is 7.01. The molecule has 2 aromatic carbocycles. The van der Waals surface area contributed by atoms with Crippen LogP contribution in [-0.4, -0.2) is 12.5 Å². The van der Waals surface area contributed by atoms with Crippen LogP contribution in [0.3, 0.4) is 0 Å². The van der Waals surface area contributed by atoms with Gasteiger partial charge in [0.2, 0.25) is 0 Å². The molecule has 0 unspecified atom stereocenters. The molecule has 0 fully saturated rings. The molecule has 0 aliphatic carbocycles. The predicted octanol–water partition coefficient (Wildman–Crippen LogP) is 5.91. The van der Waals surface area contributed by atoms with Gasteiger partial charge in [0.05, 0.1) is 6.61 Å². The van der Waals surface area contributed by atoms with E-state index in [1.54, 1.807) is 0 Å². The van der Waals surface area contributed by atoms with Crippen LogP contribution in [0.25, 0.3) is 12.2 Å². The molecule has 0 N–H and O–H groups in total. The zero-order chi connectivity index (χ0) is 14.9. The van der Waals surface area contributed by atoms with E-state index in [0.717, 1.165) is 34.7 Å². The van der Waals surface area contributed by atoms with E-state index in [2.05, 4.69) is 0 Å². The molecule has 0 saturated heterocycles. The van der Waals surface area contributed by atoms with Gasteiger partial charge in [-0.25, -0.2) is 0 Å². The highest BCUT2D eigenvalue weighted by Crippen LogP contribution is 2.21. The first-order chi connectivity index (χ1) is 10.3. The average molecular weight is 321 g/mol. The van der Waals surface area contributed by atoms with Gasteiger partial charge in [-0.1, -0.05) is 54.1 Å². The maximum Gasteiger partial charge on any atom is 0.126 e. The molecule has 3 heteroatoms. The van der Waals surface area contributed by atoms with Gasteiger partial charge in [-0.05, 0) is 36.6 Å². The molecule has 0 radical (unpaired) electrons. The Morgan fingerprint density at radius 1 is 0.952 bits per heavy atom. The lowest BCUT2D eigenvalue weighted by Gasteiger charge is -2.08. The van der Waals surface area contributed by atoms with Crippen LogP contribution in [-0.2, 0) is 0 Å². The van der Waals surface area contributed by atoms with Crippen LogP contribution >= 0.6 is 23.2 Å². The van der Waals surface area contributed by atoms with Gasteiger partial charge in [-0.15, -0.1) is 11.6 Å². The highest BCUT2D eigenvalue weighted by Gasteiger charge is 1.99. The maximum atomic E-state index is 5.99. The Bertz CT molecular complexity index is 593. The largest absolute Gasteiger partial charge is 0.493 e. The quantitative estimate of drug-likeness (QED) is 0.350. The highest BCUT2D eigenvalue weighted by molar-refractivity contribution is 6.30. The SMILES string of the molecule is ClCCCCOc1ccccc1/C=C/c1cccc(Cl)c1. The lowest BCUT2D eigenvalue weighted by Crippen LogP contribution is -1.98. The summed E-state index contributed by atoms with van der Waals surface area (Å²) in [6.07, 6.45) is 6.02. The molecule has 21 heavy (non-hydrogen) atoms. The Balaban J connectivity index is 2.05. The standard InChI is InChI=1S/C18H18Cl2O/c19-12-3-4-13-21-18-9-2-1-7-16(18)11-10-15-6-5-8-17(20)14-15/h1-2,5-11,14H,3-4,12-13H2/b11-10+. The minimum absolute atomic E-state index is 0.680. The second kappa shape index (κ2) is 8.76. The van der Waals surface area contributed by atoms with Gasteiger partial charge in [0.1, 0.15) is 5.75 Å². The summed E-state index contributed by atoms with van der Waals surface area (Å²) in [6, 6.07) is 15.8. The number of rotatable bonds is 7. The molecule has 0 spiro atoms. The molecule has 1 nitrogen and oxygen atoms in total. The minimum Gasteiger partial charge on any atom is -0.493 e. The lowest BCUT2D eigenvalue weighted by atomic mass is 10.1. The first kappa shape index (κ1) is 15.9. The third-order valence-electron chi connectivity index (χ3n) is 3.01. The van der Waals surface area contributed by atoms with Crippen LogP contribution in [0.2, 0.25) is 5.02 Å². The Hall–Kier alpha value is -1.44. The maximum absolute atomic E-state index is 5.99. The number of hydrogen-bond donors (Lipinski definition) is 0. The van der Waals surface area contributed by atoms with Crippen molar-refractivity contribution in [2.45, 2.75) is 12.8 Å². The zero-order valence-corrected chi connectivity index (χ0v) is 13.3. The molecule has 0 atom stereocenters. The van der Waals surface area contributed by atoms with E-state index in [9.17, 15) is 0 Å². The summed E-state index contributed by atoms with van der Waals surface area (Å²) in [5.41, 5.74) is 2.13. The van der Waals surface area contributed by atoms with Crippen LogP contribution in [0.1, 0.15) is 24.0 Å². The van der Waals surface area contributed by atoms with E-state index in [0.29, 0.717) is 12.5 Å². The van der Waals surface area contributed by atoms with Crippen LogP contribution in [0, 0.1) is 0 Å². The Kier molecular flexibility index (Phi) is 6.65. The molecule has 2 rings (SSSR count). The third kappa shape index (κ3) is 5.45. The highest BCUT2D eigenvalue weighted by atomic mass is 35.5. The van der Waals surface area contributed by atoms with E-state index < -0.39 is 0 Å². The molecular formula is C18H18Cl2O. The van der Waals surface area contributed by atoms with Crippen molar-refractivity contribution in [3.63, 3.8) is 0 Å². The van der Waals surface area contributed by atoms with Gasteiger partial charge >= 0.3 is 0 Å². The Morgan fingerprint density at radius 2 is 1.81 bits per heavy atom. The summed E-state index contributed by atoms with van der Waals surface area (Å²) in [4.78, 5) is 0. The van der Waals surface area contributed by atoms with Crippen LogP contribution in [0.4, 0.5) is 0 Å². The van der Waals surface area contributed by atoms with Gasteiger partial charge in [0.15, 0.2) is 0 Å². The predicted molar refractivity (Wildman–Crippen MR) is 92.3 cm³/mol. The number of para-hydroxylation sites is 1. The number of halogens is 2. The van der Waals surface area contributed by atoms with Crippen molar-refractivity contribution in [2.75, 3.05) is 12.5 Å². The Morgan fingerprint density at radius 3 is 2.62 bits per heavy atom. The van der Waals surface area contributed by atoms with Crippen LogP contribution in [0.15, 0.2) is 48.5 Å². The molecule has 110 valence electrons. The number of alkyl halides is 1. The Labute approximate surface area is 136 Å². The van der Waals surface area contributed by atoms with Crippen molar-refractivity contribution in [3.8, 4) is 5.75 Å². The molecule has 0 bridgehead atoms. The van der Waals surface area contributed by atoms with Crippen LogP contribution in [0.5, 0.6) is 5.75 Å². The molecule has 0 aliphatic rings. The summed E-state index contributed by atoms with van der Waals surface area (Å²) in [7, 11) is 0. The average Bonchev–Trinajstić information content (AvgIpc) is 2.50. The van der Waals surface area contributed by atoms with Crippen molar-refractivity contribution >= 4 is 35.4 Å². The van der Waals surface area contributed by atoms with Gasteiger partial charge in [-0.3, -0.25) is 0 Å². The molecule has 0 heterocycles. The van der Waals surface area contributed by atoms with E-state index in [-0.39, 0.29) is 0 Å².